The fourth-order valence-corrected chi connectivity index (χ4v) is 1.50. The van der Waals surface area contributed by atoms with E-state index in [2.05, 4.69) is 15.0 Å². The number of esters is 1. The maximum atomic E-state index is 11.2. The highest BCUT2D eigenvalue weighted by molar-refractivity contribution is 5.74. The Morgan fingerprint density at radius 1 is 1.43 bits per heavy atom. The first kappa shape index (κ1) is 11.4. The predicted octanol–water partition coefficient (Wildman–Crippen LogP) is -0.920. The largest absolute Gasteiger partial charge is 0.467 e. The molecule has 0 aromatic carbocycles. The molecule has 14 heavy (non-hydrogen) atoms. The average Bonchev–Trinajstić information content (AvgIpc) is 2.26. The van der Waals surface area contributed by atoms with Gasteiger partial charge in [-0.25, -0.2) is 4.79 Å². The number of methoxy groups -OCH3 is 2. The molecule has 1 unspecified atom stereocenters. The van der Waals surface area contributed by atoms with Crippen molar-refractivity contribution in [2.45, 2.75) is 6.10 Å². The molecule has 0 bridgehead atoms. The van der Waals surface area contributed by atoms with Gasteiger partial charge in [-0.3, -0.25) is 4.90 Å². The van der Waals surface area contributed by atoms with Gasteiger partial charge in [-0.15, -0.1) is 0 Å². The summed E-state index contributed by atoms with van der Waals surface area (Å²) in [6.45, 7) is 4.47. The Labute approximate surface area is 84.4 Å². The van der Waals surface area contributed by atoms with Crippen LogP contribution < -0.4 is 5.32 Å². The zero-order valence-electron chi connectivity index (χ0n) is 8.78. The maximum absolute atomic E-state index is 11.2. The minimum absolute atomic E-state index is 0.300. The molecule has 0 aromatic heterocycles. The molecule has 1 rings (SSSR count). The first-order chi connectivity index (χ1) is 6.77. The average molecular weight is 202 g/mol. The number of piperazine rings is 1. The summed E-state index contributed by atoms with van der Waals surface area (Å²) in [5, 5.41) is 3.25. The molecule has 1 atom stereocenters. The van der Waals surface area contributed by atoms with Gasteiger partial charge in [-0.05, 0) is 0 Å². The van der Waals surface area contributed by atoms with E-state index in [0.29, 0.717) is 6.54 Å². The predicted molar refractivity (Wildman–Crippen MR) is 52.1 cm³/mol. The van der Waals surface area contributed by atoms with Gasteiger partial charge in [0.05, 0.1) is 7.11 Å². The third kappa shape index (κ3) is 3.25. The summed E-state index contributed by atoms with van der Waals surface area (Å²) in [5.41, 5.74) is 0. The summed E-state index contributed by atoms with van der Waals surface area (Å²) in [6.07, 6.45) is -0.460. The van der Waals surface area contributed by atoms with Crippen LogP contribution in [0.1, 0.15) is 0 Å². The molecule has 1 aliphatic heterocycles. The van der Waals surface area contributed by atoms with Crippen LogP contribution >= 0.6 is 0 Å². The second-order valence-electron chi connectivity index (χ2n) is 3.30. The lowest BCUT2D eigenvalue weighted by Gasteiger charge is -2.29. The molecule has 82 valence electrons. The van der Waals surface area contributed by atoms with E-state index in [4.69, 9.17) is 4.74 Å². The number of carbonyl (C=O) groups is 1. The Bertz CT molecular complexity index is 181. The van der Waals surface area contributed by atoms with E-state index in [-0.39, 0.29) is 5.97 Å². The second kappa shape index (κ2) is 5.95. The zero-order chi connectivity index (χ0) is 10.4. The minimum Gasteiger partial charge on any atom is -0.467 e. The van der Waals surface area contributed by atoms with Gasteiger partial charge < -0.3 is 14.8 Å². The lowest BCUT2D eigenvalue weighted by molar-refractivity contribution is -0.153. The lowest BCUT2D eigenvalue weighted by atomic mass is 10.3. The van der Waals surface area contributed by atoms with Crippen LogP contribution in [-0.4, -0.2) is 63.9 Å². The van der Waals surface area contributed by atoms with Crippen LogP contribution in [-0.2, 0) is 14.3 Å². The summed E-state index contributed by atoms with van der Waals surface area (Å²) >= 11 is 0. The van der Waals surface area contributed by atoms with Crippen molar-refractivity contribution in [1.82, 2.24) is 10.2 Å². The van der Waals surface area contributed by atoms with Gasteiger partial charge in [0, 0.05) is 39.8 Å². The van der Waals surface area contributed by atoms with Crippen molar-refractivity contribution in [2.24, 2.45) is 0 Å². The van der Waals surface area contributed by atoms with Crippen LogP contribution in [0.25, 0.3) is 0 Å². The van der Waals surface area contributed by atoms with Gasteiger partial charge in [0.2, 0.25) is 0 Å². The normalized spacial score (nSPS) is 20.4. The van der Waals surface area contributed by atoms with E-state index in [1.165, 1.54) is 14.2 Å². The van der Waals surface area contributed by atoms with E-state index in [1.807, 2.05) is 0 Å². The smallest absolute Gasteiger partial charge is 0.336 e. The Morgan fingerprint density at radius 3 is 2.57 bits per heavy atom. The molecule has 5 nitrogen and oxygen atoms in total. The number of nitrogens with zero attached hydrogens (tertiary/aromatic N) is 1. The third-order valence-corrected chi connectivity index (χ3v) is 2.38. The van der Waals surface area contributed by atoms with Crippen LogP contribution in [0.5, 0.6) is 0 Å². The maximum Gasteiger partial charge on any atom is 0.336 e. The quantitative estimate of drug-likeness (QED) is 0.597. The van der Waals surface area contributed by atoms with Crippen molar-refractivity contribution >= 4 is 5.97 Å². The summed E-state index contributed by atoms with van der Waals surface area (Å²) in [5.74, 6) is -0.300. The number of carbonyl (C=O) groups excluding carboxylic acids is 1. The van der Waals surface area contributed by atoms with E-state index in [9.17, 15) is 4.79 Å². The van der Waals surface area contributed by atoms with Gasteiger partial charge in [0.15, 0.2) is 6.10 Å². The van der Waals surface area contributed by atoms with Gasteiger partial charge in [-0.2, -0.15) is 0 Å². The minimum atomic E-state index is -0.460. The first-order valence-corrected chi connectivity index (χ1v) is 4.81. The monoisotopic (exact) mass is 202 g/mol. The summed E-state index contributed by atoms with van der Waals surface area (Å²) in [6, 6.07) is 0. The summed E-state index contributed by atoms with van der Waals surface area (Å²) < 4.78 is 9.71. The third-order valence-electron chi connectivity index (χ3n) is 2.38. The Hall–Kier alpha value is -0.650. The molecule has 0 aliphatic carbocycles. The van der Waals surface area contributed by atoms with Crippen LogP contribution in [0.2, 0.25) is 0 Å². The van der Waals surface area contributed by atoms with Crippen molar-refractivity contribution < 1.29 is 14.3 Å². The topological polar surface area (TPSA) is 50.8 Å². The fourth-order valence-electron chi connectivity index (χ4n) is 1.50. The van der Waals surface area contributed by atoms with Gasteiger partial charge in [-0.1, -0.05) is 0 Å². The lowest BCUT2D eigenvalue weighted by Crippen LogP contribution is -2.48. The molecule has 1 saturated heterocycles. The van der Waals surface area contributed by atoms with E-state index in [0.717, 1.165) is 26.2 Å². The molecule has 0 radical (unpaired) electrons. The molecule has 1 aliphatic rings. The van der Waals surface area contributed by atoms with Crippen LogP contribution in [0.3, 0.4) is 0 Å². The van der Waals surface area contributed by atoms with E-state index in [1.54, 1.807) is 0 Å². The molecule has 0 amide bonds. The molecule has 5 heteroatoms. The van der Waals surface area contributed by atoms with E-state index >= 15 is 0 Å². The molecular formula is C9H18N2O3. The zero-order valence-corrected chi connectivity index (χ0v) is 8.78. The number of nitrogens with one attached hydrogen (secondary N) is 1. The van der Waals surface area contributed by atoms with Crippen LogP contribution in [0.15, 0.2) is 0 Å². The van der Waals surface area contributed by atoms with Crippen LogP contribution in [0, 0.1) is 0 Å². The highest BCUT2D eigenvalue weighted by Gasteiger charge is 2.22. The SMILES string of the molecule is COC(=O)C(CN1CCNCC1)OC. The molecule has 0 spiro atoms. The van der Waals surface area contributed by atoms with Crippen molar-refractivity contribution in [3.8, 4) is 0 Å². The number of hydrogen-bond donors (Lipinski definition) is 1. The standard InChI is InChI=1S/C9H18N2O3/c1-13-8(9(12)14-2)7-11-5-3-10-4-6-11/h8,10H,3-7H2,1-2H3. The van der Waals surface area contributed by atoms with Crippen LogP contribution in [0.4, 0.5) is 0 Å². The summed E-state index contributed by atoms with van der Waals surface area (Å²) in [4.78, 5) is 13.4. The number of hydrogen-bond acceptors (Lipinski definition) is 5. The number of rotatable bonds is 4. The Balaban J connectivity index is 2.34. The van der Waals surface area contributed by atoms with Crippen molar-refractivity contribution in [1.29, 1.82) is 0 Å². The fraction of sp³-hybridized carbons (Fsp3) is 0.889. The molecule has 1 heterocycles. The first-order valence-electron chi connectivity index (χ1n) is 4.81. The van der Waals surface area contributed by atoms with Crippen molar-refractivity contribution in [3.63, 3.8) is 0 Å². The molecule has 0 saturated carbocycles. The highest BCUT2D eigenvalue weighted by Crippen LogP contribution is 2.00. The van der Waals surface area contributed by atoms with Gasteiger partial charge in [0.25, 0.3) is 0 Å². The number of ether oxygens (including phenoxy) is 2. The molecular weight excluding hydrogens is 184 g/mol. The van der Waals surface area contributed by atoms with Crippen molar-refractivity contribution in [2.75, 3.05) is 46.9 Å². The van der Waals surface area contributed by atoms with Gasteiger partial charge in [0.1, 0.15) is 0 Å². The molecule has 1 N–H and O–H groups in total. The van der Waals surface area contributed by atoms with Gasteiger partial charge >= 0.3 is 5.97 Å². The second-order valence-corrected chi connectivity index (χ2v) is 3.30. The van der Waals surface area contributed by atoms with Crippen molar-refractivity contribution in [3.05, 3.63) is 0 Å². The Kier molecular flexibility index (Phi) is 4.86. The Morgan fingerprint density at radius 2 is 2.07 bits per heavy atom. The molecule has 0 aromatic rings. The molecule has 1 fully saturated rings. The summed E-state index contributed by atoms with van der Waals surface area (Å²) in [7, 11) is 2.91. The highest BCUT2D eigenvalue weighted by atomic mass is 16.6. The van der Waals surface area contributed by atoms with E-state index < -0.39 is 6.10 Å².